The first kappa shape index (κ1) is 11.7. The average molecular weight is 308 g/mol. The maximum absolute atomic E-state index is 13.7. The second-order valence-electron chi connectivity index (χ2n) is 3.69. The minimum Gasteiger partial charge on any atom is -0.382 e. The van der Waals surface area contributed by atoms with E-state index in [1.165, 1.54) is 0 Å². The Morgan fingerprint density at radius 3 is 2.75 bits per heavy atom. The molecule has 0 aliphatic heterocycles. The molecule has 3 nitrogen and oxygen atoms in total. The van der Waals surface area contributed by atoms with E-state index in [1.54, 1.807) is 6.07 Å². The van der Waals surface area contributed by atoms with Gasteiger partial charge in [0.05, 0.1) is 16.3 Å². The molecule has 1 saturated carbocycles. The standard InChI is InChI=1S/C10H9BrClFN2O/c11-5-3-6(15-4-1-2-4)7(10(14)16)9(13)8(5)12/h3-4,15H,1-2H2,(H2,14,16). The topological polar surface area (TPSA) is 55.1 Å². The minimum absolute atomic E-state index is 0.129. The van der Waals surface area contributed by atoms with Crippen LogP contribution in [0.5, 0.6) is 0 Å². The molecule has 1 aromatic rings. The number of halogens is 3. The summed E-state index contributed by atoms with van der Waals surface area (Å²) < 4.78 is 14.1. The number of anilines is 1. The number of primary amides is 1. The van der Waals surface area contributed by atoms with Gasteiger partial charge in [-0.3, -0.25) is 4.79 Å². The number of nitrogens with two attached hydrogens (primary N) is 1. The monoisotopic (exact) mass is 306 g/mol. The van der Waals surface area contributed by atoms with Gasteiger partial charge in [0.25, 0.3) is 5.91 Å². The Morgan fingerprint density at radius 2 is 2.25 bits per heavy atom. The number of carbonyl (C=O) groups is 1. The van der Waals surface area contributed by atoms with Crippen LogP contribution in [0.4, 0.5) is 10.1 Å². The van der Waals surface area contributed by atoms with Crippen LogP contribution in [-0.4, -0.2) is 11.9 Å². The van der Waals surface area contributed by atoms with E-state index in [1.807, 2.05) is 0 Å². The van der Waals surface area contributed by atoms with E-state index in [-0.39, 0.29) is 10.6 Å². The Morgan fingerprint density at radius 1 is 1.62 bits per heavy atom. The summed E-state index contributed by atoms with van der Waals surface area (Å²) in [6.07, 6.45) is 2.03. The number of rotatable bonds is 3. The van der Waals surface area contributed by atoms with Gasteiger partial charge in [0, 0.05) is 10.5 Å². The predicted octanol–water partition coefficient (Wildman–Crippen LogP) is 2.91. The maximum atomic E-state index is 13.7. The molecule has 0 atom stereocenters. The van der Waals surface area contributed by atoms with Crippen molar-refractivity contribution in [2.75, 3.05) is 5.32 Å². The van der Waals surface area contributed by atoms with E-state index < -0.39 is 11.7 Å². The molecule has 0 aromatic heterocycles. The van der Waals surface area contributed by atoms with Crippen molar-refractivity contribution in [3.05, 3.63) is 26.9 Å². The second kappa shape index (κ2) is 4.22. The van der Waals surface area contributed by atoms with Crippen molar-refractivity contribution in [2.45, 2.75) is 18.9 Å². The molecule has 6 heteroatoms. The number of carbonyl (C=O) groups excluding carboxylic acids is 1. The molecule has 86 valence electrons. The number of hydrogen-bond acceptors (Lipinski definition) is 2. The third kappa shape index (κ3) is 2.15. The smallest absolute Gasteiger partial charge is 0.253 e. The highest BCUT2D eigenvalue weighted by Gasteiger charge is 2.26. The first-order chi connectivity index (χ1) is 7.50. The fourth-order valence-corrected chi connectivity index (χ4v) is 1.95. The Hall–Kier alpha value is -0.810. The zero-order valence-corrected chi connectivity index (χ0v) is 10.5. The first-order valence-electron chi connectivity index (χ1n) is 4.74. The number of amides is 1. The average Bonchev–Trinajstić information content (AvgIpc) is 2.97. The van der Waals surface area contributed by atoms with Crippen molar-refractivity contribution in [1.82, 2.24) is 0 Å². The Labute approximate surface area is 105 Å². The van der Waals surface area contributed by atoms with Crippen molar-refractivity contribution >= 4 is 39.1 Å². The van der Waals surface area contributed by atoms with Gasteiger partial charge >= 0.3 is 0 Å². The van der Waals surface area contributed by atoms with Gasteiger partial charge < -0.3 is 11.1 Å². The Bertz CT molecular complexity index is 463. The molecular weight excluding hydrogens is 298 g/mol. The van der Waals surface area contributed by atoms with Gasteiger partial charge in [-0.25, -0.2) is 4.39 Å². The molecule has 1 aliphatic rings. The van der Waals surface area contributed by atoms with Crippen LogP contribution in [0, 0.1) is 5.82 Å². The molecule has 1 aliphatic carbocycles. The lowest BCUT2D eigenvalue weighted by Gasteiger charge is -2.12. The van der Waals surface area contributed by atoms with Gasteiger partial charge in [-0.15, -0.1) is 0 Å². The molecular formula is C10H9BrClFN2O. The molecule has 0 spiro atoms. The quantitative estimate of drug-likeness (QED) is 0.844. The summed E-state index contributed by atoms with van der Waals surface area (Å²) in [5.74, 6) is -1.61. The van der Waals surface area contributed by atoms with E-state index in [0.29, 0.717) is 16.2 Å². The lowest BCUT2D eigenvalue weighted by atomic mass is 10.1. The van der Waals surface area contributed by atoms with Crippen LogP contribution < -0.4 is 11.1 Å². The van der Waals surface area contributed by atoms with Gasteiger partial charge in [0.1, 0.15) is 0 Å². The molecule has 0 bridgehead atoms. The Kier molecular flexibility index (Phi) is 3.08. The molecule has 2 rings (SSSR count). The van der Waals surface area contributed by atoms with Gasteiger partial charge in [0.2, 0.25) is 0 Å². The van der Waals surface area contributed by atoms with E-state index in [2.05, 4.69) is 21.2 Å². The van der Waals surface area contributed by atoms with Crippen molar-refractivity contribution in [2.24, 2.45) is 5.73 Å². The first-order valence-corrected chi connectivity index (χ1v) is 5.91. The van der Waals surface area contributed by atoms with E-state index in [4.69, 9.17) is 17.3 Å². The van der Waals surface area contributed by atoms with Crippen LogP contribution in [0.1, 0.15) is 23.2 Å². The van der Waals surface area contributed by atoms with Gasteiger partial charge in [-0.05, 0) is 34.8 Å². The maximum Gasteiger partial charge on any atom is 0.253 e. The van der Waals surface area contributed by atoms with Gasteiger partial charge in [-0.2, -0.15) is 0 Å². The lowest BCUT2D eigenvalue weighted by molar-refractivity contribution is 0.0997. The van der Waals surface area contributed by atoms with Crippen molar-refractivity contribution in [3.63, 3.8) is 0 Å². The molecule has 1 fully saturated rings. The van der Waals surface area contributed by atoms with Crippen LogP contribution in [0.25, 0.3) is 0 Å². The van der Waals surface area contributed by atoms with E-state index in [0.717, 1.165) is 12.8 Å². The predicted molar refractivity (Wildman–Crippen MR) is 64.3 cm³/mol. The molecule has 1 aromatic carbocycles. The van der Waals surface area contributed by atoms with Crippen LogP contribution in [0.15, 0.2) is 10.5 Å². The molecule has 0 saturated heterocycles. The number of benzene rings is 1. The molecule has 0 unspecified atom stereocenters. The summed E-state index contributed by atoms with van der Waals surface area (Å²) >= 11 is 8.82. The van der Waals surface area contributed by atoms with Crippen molar-refractivity contribution in [1.29, 1.82) is 0 Å². The highest BCUT2D eigenvalue weighted by molar-refractivity contribution is 9.10. The highest BCUT2D eigenvalue weighted by Crippen LogP contribution is 2.35. The summed E-state index contributed by atoms with van der Waals surface area (Å²) in [4.78, 5) is 11.2. The zero-order valence-electron chi connectivity index (χ0n) is 8.19. The molecule has 3 N–H and O–H groups in total. The summed E-state index contributed by atoms with van der Waals surface area (Å²) in [5, 5.41) is 2.92. The number of hydrogen-bond donors (Lipinski definition) is 2. The molecule has 1 amide bonds. The molecule has 0 radical (unpaired) electrons. The normalized spacial score (nSPS) is 14.9. The minimum atomic E-state index is -0.824. The zero-order chi connectivity index (χ0) is 11.9. The van der Waals surface area contributed by atoms with Crippen LogP contribution in [-0.2, 0) is 0 Å². The molecule has 16 heavy (non-hydrogen) atoms. The summed E-state index contributed by atoms with van der Waals surface area (Å²) in [6, 6.07) is 1.87. The fourth-order valence-electron chi connectivity index (χ4n) is 1.40. The van der Waals surface area contributed by atoms with Crippen molar-refractivity contribution < 1.29 is 9.18 Å². The SMILES string of the molecule is NC(=O)c1c(NC2CC2)cc(Br)c(Cl)c1F. The highest BCUT2D eigenvalue weighted by atomic mass is 79.9. The van der Waals surface area contributed by atoms with Gasteiger partial charge in [-0.1, -0.05) is 11.6 Å². The third-order valence-electron chi connectivity index (χ3n) is 2.35. The van der Waals surface area contributed by atoms with Crippen LogP contribution in [0.2, 0.25) is 5.02 Å². The molecule has 0 heterocycles. The lowest BCUT2D eigenvalue weighted by Crippen LogP contribution is -2.17. The van der Waals surface area contributed by atoms with Gasteiger partial charge in [0.15, 0.2) is 5.82 Å². The third-order valence-corrected chi connectivity index (χ3v) is 3.57. The van der Waals surface area contributed by atoms with Crippen LogP contribution >= 0.6 is 27.5 Å². The summed E-state index contributed by atoms with van der Waals surface area (Å²) in [6.45, 7) is 0. The van der Waals surface area contributed by atoms with E-state index in [9.17, 15) is 9.18 Å². The second-order valence-corrected chi connectivity index (χ2v) is 4.92. The Balaban J connectivity index is 2.51. The van der Waals surface area contributed by atoms with Crippen LogP contribution in [0.3, 0.4) is 0 Å². The number of nitrogens with one attached hydrogen (secondary N) is 1. The largest absolute Gasteiger partial charge is 0.382 e. The summed E-state index contributed by atoms with van der Waals surface area (Å²) in [5.41, 5.74) is 5.35. The summed E-state index contributed by atoms with van der Waals surface area (Å²) in [7, 11) is 0. The fraction of sp³-hybridized carbons (Fsp3) is 0.300. The van der Waals surface area contributed by atoms with Crippen molar-refractivity contribution in [3.8, 4) is 0 Å². The van der Waals surface area contributed by atoms with E-state index >= 15 is 0 Å².